The summed E-state index contributed by atoms with van der Waals surface area (Å²) >= 11 is 1.42. The summed E-state index contributed by atoms with van der Waals surface area (Å²) in [5.74, 6) is 0.543. The monoisotopic (exact) mass is 279 g/mol. The number of aliphatic hydroxyl groups is 1. The van der Waals surface area contributed by atoms with Gasteiger partial charge in [-0.15, -0.1) is 0 Å². The number of imidazole rings is 1. The zero-order chi connectivity index (χ0) is 13.1. The molecule has 17 heavy (non-hydrogen) atoms. The normalized spacial score (nSPS) is 15.8. The molecule has 2 atom stereocenters. The fourth-order valence-electron chi connectivity index (χ4n) is 1.36. The Bertz CT molecular complexity index is 454. The van der Waals surface area contributed by atoms with Crippen LogP contribution in [-0.4, -0.2) is 47.6 Å². The number of nitrogens with one attached hydrogen (secondary N) is 2. The molecule has 0 saturated carbocycles. The summed E-state index contributed by atoms with van der Waals surface area (Å²) in [4.78, 5) is 6.51. The minimum Gasteiger partial charge on any atom is -0.395 e. The van der Waals surface area contributed by atoms with Gasteiger partial charge >= 0.3 is 0 Å². The van der Waals surface area contributed by atoms with E-state index >= 15 is 0 Å². The van der Waals surface area contributed by atoms with Gasteiger partial charge < -0.3 is 10.1 Å². The third-order valence-corrected chi connectivity index (χ3v) is 4.98. The Kier molecular flexibility index (Phi) is 4.99. The number of aromatic amines is 1. The average Bonchev–Trinajstić information content (AvgIpc) is 2.66. The number of rotatable bonds is 6. The molecule has 2 unspecified atom stereocenters. The lowest BCUT2D eigenvalue weighted by Gasteiger charge is -2.20. The van der Waals surface area contributed by atoms with Crippen molar-refractivity contribution in [3.05, 3.63) is 12.0 Å². The van der Waals surface area contributed by atoms with Crippen molar-refractivity contribution in [1.82, 2.24) is 14.7 Å². The van der Waals surface area contributed by atoms with Crippen molar-refractivity contribution < 1.29 is 13.5 Å². The van der Waals surface area contributed by atoms with Gasteiger partial charge in [0.2, 0.25) is 0 Å². The number of H-pyrrole nitrogens is 1. The smallest absolute Gasteiger partial charge is 0.257 e. The molecule has 0 saturated heterocycles. The van der Waals surface area contributed by atoms with E-state index in [0.717, 1.165) is 0 Å². The Morgan fingerprint density at radius 3 is 2.71 bits per heavy atom. The maximum absolute atomic E-state index is 11.9. The molecule has 1 aromatic heterocycles. The molecule has 1 aromatic rings. The lowest BCUT2D eigenvalue weighted by molar-refractivity contribution is 0.282. The van der Waals surface area contributed by atoms with Crippen LogP contribution in [0.4, 0.5) is 0 Å². The van der Waals surface area contributed by atoms with Crippen molar-refractivity contribution in [1.29, 1.82) is 0 Å². The first-order valence-corrected chi connectivity index (χ1v) is 7.85. The third-order valence-electron chi connectivity index (χ3n) is 2.35. The second kappa shape index (κ2) is 5.85. The van der Waals surface area contributed by atoms with Gasteiger partial charge in [-0.05, 0) is 20.1 Å². The second-order valence-corrected chi connectivity index (χ2v) is 6.46. The summed E-state index contributed by atoms with van der Waals surface area (Å²) < 4.78 is 26.3. The van der Waals surface area contributed by atoms with E-state index in [1.54, 1.807) is 13.8 Å². The minimum atomic E-state index is -3.60. The van der Waals surface area contributed by atoms with Crippen LogP contribution in [0.25, 0.3) is 0 Å². The number of aromatic nitrogens is 2. The van der Waals surface area contributed by atoms with Crippen molar-refractivity contribution in [3.63, 3.8) is 0 Å². The van der Waals surface area contributed by atoms with E-state index in [4.69, 9.17) is 5.11 Å². The van der Waals surface area contributed by atoms with Crippen molar-refractivity contribution >= 4 is 21.8 Å². The van der Waals surface area contributed by atoms with Gasteiger partial charge in [0.25, 0.3) is 10.0 Å². The topological polar surface area (TPSA) is 95.1 Å². The molecule has 1 heterocycles. The molecule has 0 radical (unpaired) electrons. The van der Waals surface area contributed by atoms with E-state index in [0.29, 0.717) is 5.82 Å². The first-order chi connectivity index (χ1) is 7.90. The molecule has 0 spiro atoms. The molecular formula is C9H17N3O3S2. The Labute approximate surface area is 105 Å². The van der Waals surface area contributed by atoms with E-state index in [9.17, 15) is 8.42 Å². The number of nitrogens with zero attached hydrogens (tertiary/aromatic N) is 1. The van der Waals surface area contributed by atoms with Crippen molar-refractivity contribution in [2.24, 2.45) is 0 Å². The highest BCUT2D eigenvalue weighted by Crippen LogP contribution is 2.13. The second-order valence-electron chi connectivity index (χ2n) is 3.70. The van der Waals surface area contributed by atoms with Crippen molar-refractivity contribution in [2.75, 3.05) is 12.9 Å². The fourth-order valence-corrected chi connectivity index (χ4v) is 3.32. The van der Waals surface area contributed by atoms with Crippen LogP contribution in [0.5, 0.6) is 0 Å². The van der Waals surface area contributed by atoms with E-state index in [1.807, 2.05) is 6.26 Å². The number of hydrogen-bond donors (Lipinski definition) is 3. The van der Waals surface area contributed by atoms with E-state index < -0.39 is 10.0 Å². The van der Waals surface area contributed by atoms with Crippen LogP contribution in [-0.2, 0) is 10.0 Å². The average molecular weight is 279 g/mol. The van der Waals surface area contributed by atoms with Crippen molar-refractivity contribution in [2.45, 2.75) is 30.2 Å². The fraction of sp³-hybridized carbons (Fsp3) is 0.667. The molecule has 3 N–H and O–H groups in total. The van der Waals surface area contributed by atoms with Crippen LogP contribution in [0.15, 0.2) is 11.2 Å². The Morgan fingerprint density at radius 2 is 2.29 bits per heavy atom. The first kappa shape index (κ1) is 14.5. The maximum atomic E-state index is 11.9. The van der Waals surface area contributed by atoms with Crippen LogP contribution >= 0.6 is 11.8 Å². The van der Waals surface area contributed by atoms with E-state index in [-0.39, 0.29) is 22.9 Å². The summed E-state index contributed by atoms with van der Waals surface area (Å²) in [6, 6.07) is -0.358. The van der Waals surface area contributed by atoms with Crippen LogP contribution in [0.2, 0.25) is 0 Å². The molecule has 0 aliphatic heterocycles. The summed E-state index contributed by atoms with van der Waals surface area (Å²) in [6.45, 7) is 3.33. The van der Waals surface area contributed by atoms with Gasteiger partial charge in [0.05, 0.1) is 12.8 Å². The molecule has 8 heteroatoms. The van der Waals surface area contributed by atoms with E-state index in [1.165, 1.54) is 18.0 Å². The van der Waals surface area contributed by atoms with E-state index in [2.05, 4.69) is 14.7 Å². The maximum Gasteiger partial charge on any atom is 0.257 e. The molecule has 0 bridgehead atoms. The van der Waals surface area contributed by atoms with Gasteiger partial charge in [-0.25, -0.2) is 18.1 Å². The van der Waals surface area contributed by atoms with Gasteiger partial charge in [-0.1, -0.05) is 0 Å². The summed E-state index contributed by atoms with van der Waals surface area (Å²) in [5.41, 5.74) is 0. The number of hydrogen-bond acceptors (Lipinski definition) is 5. The quantitative estimate of drug-likeness (QED) is 0.687. The minimum absolute atomic E-state index is 0.0413. The van der Waals surface area contributed by atoms with Crippen LogP contribution in [0, 0.1) is 6.92 Å². The van der Waals surface area contributed by atoms with Gasteiger partial charge in [0.1, 0.15) is 5.82 Å². The predicted octanol–water partition coefficient (Wildman–Crippen LogP) is 0.109. The number of aliphatic hydroxyl groups excluding tert-OH is 1. The Hall–Kier alpha value is -0.570. The van der Waals surface area contributed by atoms with Gasteiger partial charge in [-0.3, -0.25) is 0 Å². The molecule has 6 nitrogen and oxygen atoms in total. The number of sulfonamides is 1. The molecule has 0 aliphatic rings. The lowest BCUT2D eigenvalue weighted by atomic mass is 10.3. The highest BCUT2D eigenvalue weighted by molar-refractivity contribution is 7.99. The predicted molar refractivity (Wildman–Crippen MR) is 67.5 cm³/mol. The summed E-state index contributed by atoms with van der Waals surface area (Å²) in [5, 5.41) is 8.96. The summed E-state index contributed by atoms with van der Waals surface area (Å²) in [6.07, 6.45) is 3.10. The molecule has 0 aromatic carbocycles. The highest BCUT2D eigenvalue weighted by Gasteiger charge is 2.24. The van der Waals surface area contributed by atoms with Crippen LogP contribution in [0.1, 0.15) is 12.7 Å². The summed E-state index contributed by atoms with van der Waals surface area (Å²) in [7, 11) is -3.60. The SMILES string of the molecule is CSC(CO)C(C)NS(=O)(=O)c1cnc(C)[nH]1. The molecule has 98 valence electrons. The number of thioether (sulfide) groups is 1. The molecule has 0 aliphatic carbocycles. The van der Waals surface area contributed by atoms with Crippen LogP contribution in [0.3, 0.4) is 0 Å². The largest absolute Gasteiger partial charge is 0.395 e. The molecular weight excluding hydrogens is 262 g/mol. The molecule has 0 amide bonds. The Morgan fingerprint density at radius 1 is 1.65 bits per heavy atom. The van der Waals surface area contributed by atoms with Gasteiger partial charge in [-0.2, -0.15) is 11.8 Å². The third kappa shape index (κ3) is 3.70. The lowest BCUT2D eigenvalue weighted by Crippen LogP contribution is -2.41. The number of aryl methyl sites for hydroxylation is 1. The highest BCUT2D eigenvalue weighted by atomic mass is 32.2. The Balaban J connectivity index is 2.80. The first-order valence-electron chi connectivity index (χ1n) is 5.08. The zero-order valence-corrected chi connectivity index (χ0v) is 11.6. The zero-order valence-electron chi connectivity index (χ0n) is 9.97. The molecule has 1 rings (SSSR count). The molecule has 0 fully saturated rings. The van der Waals surface area contributed by atoms with Gasteiger partial charge in [0, 0.05) is 11.3 Å². The van der Waals surface area contributed by atoms with Crippen LogP contribution < -0.4 is 4.72 Å². The van der Waals surface area contributed by atoms with Gasteiger partial charge in [0.15, 0.2) is 5.03 Å². The van der Waals surface area contributed by atoms with Crippen molar-refractivity contribution in [3.8, 4) is 0 Å². The standard InChI is InChI=1S/C9H17N3O3S2/c1-6(8(5-13)16-3)12-17(14,15)9-4-10-7(2)11-9/h4,6,8,12-13H,5H2,1-3H3,(H,10,11).